The van der Waals surface area contributed by atoms with E-state index in [1.165, 1.54) is 22.4 Å². The predicted octanol–water partition coefficient (Wildman–Crippen LogP) is 3.58. The van der Waals surface area contributed by atoms with Crippen LogP contribution in [0.5, 0.6) is 5.75 Å². The summed E-state index contributed by atoms with van der Waals surface area (Å²) >= 11 is 0. The summed E-state index contributed by atoms with van der Waals surface area (Å²) in [5.74, 6) is -0.491. The Bertz CT molecular complexity index is 1110. The van der Waals surface area contributed by atoms with Gasteiger partial charge in [0.15, 0.2) is 0 Å². The minimum Gasteiger partial charge on any atom is -0.495 e. The van der Waals surface area contributed by atoms with Gasteiger partial charge in [0.05, 0.1) is 25.5 Å². The molecule has 0 radical (unpaired) electrons. The molecule has 2 atom stereocenters. The van der Waals surface area contributed by atoms with Crippen LogP contribution in [0.15, 0.2) is 53.4 Å². The van der Waals surface area contributed by atoms with Gasteiger partial charge in [0.25, 0.3) is 0 Å². The Morgan fingerprint density at radius 3 is 2.18 bits per heavy atom. The van der Waals surface area contributed by atoms with Crippen LogP contribution in [0.4, 0.5) is 0 Å². The molecule has 0 unspecified atom stereocenters. The van der Waals surface area contributed by atoms with Gasteiger partial charge < -0.3 is 4.74 Å². The van der Waals surface area contributed by atoms with Crippen molar-refractivity contribution in [2.24, 2.45) is 11.8 Å². The molecule has 0 aromatic heterocycles. The Hall–Kier alpha value is -2.71. The zero-order valence-corrected chi connectivity index (χ0v) is 19.9. The van der Waals surface area contributed by atoms with Crippen molar-refractivity contribution < 1.29 is 22.7 Å². The molecule has 2 aromatic carbocycles. The maximum absolute atomic E-state index is 13.6. The molecule has 1 aliphatic carbocycles. The van der Waals surface area contributed by atoms with Crippen molar-refractivity contribution in [1.29, 1.82) is 0 Å². The van der Waals surface area contributed by atoms with Gasteiger partial charge >= 0.3 is 0 Å². The fourth-order valence-electron chi connectivity index (χ4n) is 4.88. The van der Waals surface area contributed by atoms with E-state index in [1.54, 1.807) is 19.1 Å². The number of methoxy groups -OCH3 is 1. The van der Waals surface area contributed by atoms with Gasteiger partial charge in [-0.05, 0) is 36.1 Å². The van der Waals surface area contributed by atoms with Gasteiger partial charge in [0.1, 0.15) is 10.6 Å². The summed E-state index contributed by atoms with van der Waals surface area (Å²) in [6.07, 6.45) is 3.43. The lowest BCUT2D eigenvalue weighted by molar-refractivity contribution is -0.140. The van der Waals surface area contributed by atoms with Crippen LogP contribution in [0.2, 0.25) is 0 Å². The van der Waals surface area contributed by atoms with Gasteiger partial charge in [-0.2, -0.15) is 4.31 Å². The zero-order valence-electron chi connectivity index (χ0n) is 19.1. The number of carbonyl (C=O) groups is 2. The quantitative estimate of drug-likeness (QED) is 0.551. The standard InChI is InChI=1S/C25H30N2O5S/c1-3-26(16-18-9-5-4-6-10-18)33(30,31)23-15-19(13-14-22(23)32-2)17-27-24(28)20-11-7-8-12-21(20)25(27)29/h4-6,9-10,13-15,20-21H,3,7-8,11-12,16-17H2,1-2H3/t20-,21-/m1/s1. The Balaban J connectivity index is 1.62. The van der Waals surface area contributed by atoms with Crippen LogP contribution in [0.3, 0.4) is 0 Å². The number of hydrogen-bond acceptors (Lipinski definition) is 5. The van der Waals surface area contributed by atoms with Crippen molar-refractivity contribution in [3.63, 3.8) is 0 Å². The van der Waals surface area contributed by atoms with Crippen LogP contribution < -0.4 is 4.74 Å². The molecule has 0 N–H and O–H groups in total. The molecule has 1 heterocycles. The smallest absolute Gasteiger partial charge is 0.247 e. The molecule has 2 amide bonds. The van der Waals surface area contributed by atoms with Gasteiger partial charge in [-0.3, -0.25) is 14.5 Å². The highest BCUT2D eigenvalue weighted by Gasteiger charge is 2.48. The first kappa shape index (κ1) is 23.4. The maximum atomic E-state index is 13.6. The number of amides is 2. The normalized spacial score (nSPS) is 20.9. The minimum absolute atomic E-state index is 0.0387. The van der Waals surface area contributed by atoms with E-state index in [2.05, 4.69) is 0 Å². The molecule has 4 rings (SSSR count). The van der Waals surface area contributed by atoms with Crippen LogP contribution >= 0.6 is 0 Å². The van der Waals surface area contributed by atoms with E-state index in [-0.39, 0.29) is 53.9 Å². The molecule has 176 valence electrons. The lowest BCUT2D eigenvalue weighted by atomic mass is 9.81. The number of rotatable bonds is 8. The molecule has 2 aromatic rings. The number of fused-ring (bicyclic) bond motifs is 1. The Morgan fingerprint density at radius 1 is 0.970 bits per heavy atom. The predicted molar refractivity (Wildman–Crippen MR) is 124 cm³/mol. The highest BCUT2D eigenvalue weighted by atomic mass is 32.2. The number of nitrogens with zero attached hydrogens (tertiary/aromatic N) is 2. The molecule has 1 saturated carbocycles. The summed E-state index contributed by atoms with van der Waals surface area (Å²) in [7, 11) is -2.45. The first-order chi connectivity index (χ1) is 15.9. The van der Waals surface area contributed by atoms with Crippen molar-refractivity contribution in [2.45, 2.75) is 50.6 Å². The number of ether oxygens (including phenoxy) is 1. The van der Waals surface area contributed by atoms with Gasteiger partial charge in [-0.25, -0.2) is 8.42 Å². The van der Waals surface area contributed by atoms with Crippen LogP contribution in [0, 0.1) is 11.8 Å². The summed E-state index contributed by atoms with van der Waals surface area (Å²) in [6, 6.07) is 14.2. The third kappa shape index (κ3) is 4.54. The second-order valence-corrected chi connectivity index (χ2v) is 10.6. The van der Waals surface area contributed by atoms with Crippen molar-refractivity contribution in [3.05, 3.63) is 59.7 Å². The Morgan fingerprint density at radius 2 is 1.61 bits per heavy atom. The summed E-state index contributed by atoms with van der Waals surface area (Å²) in [5.41, 5.74) is 1.47. The van der Waals surface area contributed by atoms with Crippen molar-refractivity contribution in [2.75, 3.05) is 13.7 Å². The second kappa shape index (κ2) is 9.65. The molecule has 0 bridgehead atoms. The van der Waals surface area contributed by atoms with Crippen LogP contribution in [0.1, 0.15) is 43.7 Å². The summed E-state index contributed by atoms with van der Waals surface area (Å²) < 4.78 is 33.9. The first-order valence-corrected chi connectivity index (χ1v) is 12.9. The summed E-state index contributed by atoms with van der Waals surface area (Å²) in [4.78, 5) is 27.1. The van der Waals surface area contributed by atoms with Crippen molar-refractivity contribution in [1.82, 2.24) is 9.21 Å². The molecule has 1 saturated heterocycles. The number of carbonyl (C=O) groups excluding carboxylic acids is 2. The van der Waals surface area contributed by atoms with Crippen molar-refractivity contribution in [3.8, 4) is 5.75 Å². The third-order valence-corrected chi connectivity index (χ3v) is 8.62. The van der Waals surface area contributed by atoms with Crippen LogP contribution in [0.25, 0.3) is 0 Å². The molecule has 2 aliphatic rings. The number of benzene rings is 2. The molecular formula is C25H30N2O5S. The van der Waals surface area contributed by atoms with Crippen LogP contribution in [-0.2, 0) is 32.7 Å². The van der Waals surface area contributed by atoms with E-state index in [1.807, 2.05) is 30.3 Å². The zero-order chi connectivity index (χ0) is 23.6. The molecule has 0 spiro atoms. The SMILES string of the molecule is CCN(Cc1ccccc1)S(=O)(=O)c1cc(CN2C(=O)[C@@H]3CCCC[C@H]3C2=O)ccc1OC. The van der Waals surface area contributed by atoms with Crippen molar-refractivity contribution >= 4 is 21.8 Å². The summed E-state index contributed by atoms with van der Waals surface area (Å²) in [5, 5.41) is 0. The van der Waals surface area contributed by atoms with Gasteiger partial charge in [-0.15, -0.1) is 0 Å². The molecule has 1 aliphatic heterocycles. The van der Waals surface area contributed by atoms with E-state index in [4.69, 9.17) is 4.74 Å². The second-order valence-electron chi connectivity index (χ2n) is 8.66. The summed E-state index contributed by atoms with van der Waals surface area (Å²) in [6.45, 7) is 2.39. The molecule has 33 heavy (non-hydrogen) atoms. The van der Waals surface area contributed by atoms with E-state index >= 15 is 0 Å². The average Bonchev–Trinajstić information content (AvgIpc) is 3.08. The van der Waals surface area contributed by atoms with E-state index < -0.39 is 10.0 Å². The largest absolute Gasteiger partial charge is 0.495 e. The van der Waals surface area contributed by atoms with E-state index in [0.717, 1.165) is 31.2 Å². The monoisotopic (exact) mass is 470 g/mol. The minimum atomic E-state index is -3.88. The van der Waals surface area contributed by atoms with Gasteiger partial charge in [-0.1, -0.05) is 56.2 Å². The van der Waals surface area contributed by atoms with Gasteiger partial charge in [0.2, 0.25) is 21.8 Å². The van der Waals surface area contributed by atoms with E-state index in [0.29, 0.717) is 5.56 Å². The fraction of sp³-hybridized carbons (Fsp3) is 0.440. The molecule has 8 heteroatoms. The highest BCUT2D eigenvalue weighted by Crippen LogP contribution is 2.39. The molecular weight excluding hydrogens is 440 g/mol. The lowest BCUT2D eigenvalue weighted by Crippen LogP contribution is -2.32. The lowest BCUT2D eigenvalue weighted by Gasteiger charge is -2.23. The fourth-order valence-corrected chi connectivity index (χ4v) is 6.53. The number of sulfonamides is 1. The first-order valence-electron chi connectivity index (χ1n) is 11.4. The van der Waals surface area contributed by atoms with Gasteiger partial charge in [0, 0.05) is 13.1 Å². The number of hydrogen-bond donors (Lipinski definition) is 0. The molecule has 2 fully saturated rings. The van der Waals surface area contributed by atoms with Crippen LogP contribution in [-0.4, -0.2) is 43.1 Å². The van der Waals surface area contributed by atoms with E-state index in [9.17, 15) is 18.0 Å². The molecule has 7 nitrogen and oxygen atoms in total. The maximum Gasteiger partial charge on any atom is 0.247 e. The topological polar surface area (TPSA) is 84.0 Å². The number of likely N-dealkylation sites (tertiary alicyclic amines) is 1. The Labute approximate surface area is 195 Å². The highest BCUT2D eigenvalue weighted by molar-refractivity contribution is 7.89. The average molecular weight is 471 g/mol. The third-order valence-electron chi connectivity index (χ3n) is 6.67. The number of imide groups is 1. The Kier molecular flexibility index (Phi) is 6.86.